The summed E-state index contributed by atoms with van der Waals surface area (Å²) >= 11 is 5.87. The molecule has 17 heavy (non-hydrogen) atoms. The first-order valence-corrected chi connectivity index (χ1v) is 5.73. The second-order valence-corrected chi connectivity index (χ2v) is 4.18. The number of halogens is 2. The van der Waals surface area contributed by atoms with Crippen molar-refractivity contribution < 1.29 is 4.39 Å². The van der Waals surface area contributed by atoms with E-state index in [4.69, 9.17) is 17.3 Å². The predicted octanol–water partition coefficient (Wildman–Crippen LogP) is 2.23. The van der Waals surface area contributed by atoms with Gasteiger partial charge in [0, 0.05) is 6.20 Å². The Kier molecular flexibility index (Phi) is 3.76. The van der Waals surface area contributed by atoms with Gasteiger partial charge in [0.1, 0.15) is 5.82 Å². The second-order valence-electron chi connectivity index (χ2n) is 3.80. The standard InChI is InChI=1S/C12H13ClFN3/c13-12-10(2-1-3-11(12)14)8-17-7-9(4-5-15)6-16-17/h1-3,6-7H,4-5,8,15H2. The first kappa shape index (κ1) is 12.1. The number of nitrogens with zero attached hydrogens (tertiary/aromatic N) is 2. The monoisotopic (exact) mass is 253 g/mol. The largest absolute Gasteiger partial charge is 0.330 e. The number of hydrogen-bond acceptors (Lipinski definition) is 2. The van der Waals surface area contributed by atoms with Crippen LogP contribution in [0.5, 0.6) is 0 Å². The molecule has 2 aromatic rings. The minimum absolute atomic E-state index is 0.156. The van der Waals surface area contributed by atoms with Gasteiger partial charge in [-0.1, -0.05) is 23.7 Å². The molecule has 0 fully saturated rings. The third-order valence-electron chi connectivity index (χ3n) is 2.48. The Balaban J connectivity index is 2.16. The van der Waals surface area contributed by atoms with Crippen molar-refractivity contribution >= 4 is 11.6 Å². The Hall–Kier alpha value is -1.39. The van der Waals surface area contributed by atoms with Gasteiger partial charge in [0.25, 0.3) is 0 Å². The van der Waals surface area contributed by atoms with Crippen LogP contribution in [-0.2, 0) is 13.0 Å². The Morgan fingerprint density at radius 3 is 3.00 bits per heavy atom. The van der Waals surface area contributed by atoms with Crippen LogP contribution in [0.15, 0.2) is 30.6 Å². The van der Waals surface area contributed by atoms with Crippen molar-refractivity contribution in [2.75, 3.05) is 6.54 Å². The highest BCUT2D eigenvalue weighted by Gasteiger charge is 2.06. The van der Waals surface area contributed by atoms with Crippen molar-refractivity contribution in [3.05, 3.63) is 52.6 Å². The molecule has 0 saturated carbocycles. The molecule has 2 N–H and O–H groups in total. The fraction of sp³-hybridized carbons (Fsp3) is 0.250. The Morgan fingerprint density at radius 1 is 1.41 bits per heavy atom. The van der Waals surface area contributed by atoms with Gasteiger partial charge in [-0.05, 0) is 30.2 Å². The van der Waals surface area contributed by atoms with Gasteiger partial charge < -0.3 is 5.73 Å². The molecule has 90 valence electrons. The number of hydrogen-bond donors (Lipinski definition) is 1. The molecule has 5 heteroatoms. The fourth-order valence-corrected chi connectivity index (χ4v) is 1.82. The zero-order chi connectivity index (χ0) is 12.3. The predicted molar refractivity (Wildman–Crippen MR) is 65.5 cm³/mol. The van der Waals surface area contributed by atoms with E-state index in [0.29, 0.717) is 18.7 Å². The summed E-state index contributed by atoms with van der Waals surface area (Å²) in [7, 11) is 0. The van der Waals surface area contributed by atoms with E-state index in [-0.39, 0.29) is 5.02 Å². The Morgan fingerprint density at radius 2 is 2.24 bits per heavy atom. The highest BCUT2D eigenvalue weighted by molar-refractivity contribution is 6.31. The molecule has 0 aliphatic carbocycles. The average molecular weight is 254 g/mol. The van der Waals surface area contributed by atoms with Gasteiger partial charge in [-0.25, -0.2) is 4.39 Å². The van der Waals surface area contributed by atoms with E-state index >= 15 is 0 Å². The minimum atomic E-state index is -0.404. The zero-order valence-electron chi connectivity index (χ0n) is 9.24. The zero-order valence-corrected chi connectivity index (χ0v) is 9.99. The van der Waals surface area contributed by atoms with Crippen LogP contribution in [0.2, 0.25) is 5.02 Å². The van der Waals surface area contributed by atoms with Crippen molar-refractivity contribution in [1.29, 1.82) is 0 Å². The summed E-state index contributed by atoms with van der Waals surface area (Å²) in [5, 5.41) is 4.34. The fourth-order valence-electron chi connectivity index (χ4n) is 1.63. The highest BCUT2D eigenvalue weighted by atomic mass is 35.5. The third-order valence-corrected chi connectivity index (χ3v) is 2.91. The third kappa shape index (κ3) is 2.84. The lowest BCUT2D eigenvalue weighted by molar-refractivity contribution is 0.619. The summed E-state index contributed by atoms with van der Waals surface area (Å²) in [6, 6.07) is 4.77. The lowest BCUT2D eigenvalue weighted by Crippen LogP contribution is -2.03. The van der Waals surface area contributed by atoms with Gasteiger partial charge in [0.15, 0.2) is 0 Å². The molecule has 0 aliphatic rings. The van der Waals surface area contributed by atoms with Gasteiger partial charge in [-0.2, -0.15) is 5.10 Å². The molecule has 0 amide bonds. The van der Waals surface area contributed by atoms with E-state index in [1.165, 1.54) is 6.07 Å². The molecule has 0 saturated heterocycles. The van der Waals surface area contributed by atoms with E-state index in [1.807, 2.05) is 6.20 Å². The van der Waals surface area contributed by atoms with E-state index in [0.717, 1.165) is 12.0 Å². The van der Waals surface area contributed by atoms with Crippen molar-refractivity contribution in [2.24, 2.45) is 5.73 Å². The normalized spacial score (nSPS) is 10.8. The summed E-state index contributed by atoms with van der Waals surface area (Å²) in [6.45, 7) is 1.05. The molecule has 0 spiro atoms. The molecule has 0 unspecified atom stereocenters. The van der Waals surface area contributed by atoms with Crippen LogP contribution in [0.25, 0.3) is 0 Å². The summed E-state index contributed by atoms with van der Waals surface area (Å²) in [5.74, 6) is -0.404. The van der Waals surface area contributed by atoms with Crippen LogP contribution in [0.1, 0.15) is 11.1 Å². The lowest BCUT2D eigenvalue weighted by Gasteiger charge is -2.04. The van der Waals surface area contributed by atoms with Gasteiger partial charge in [-0.3, -0.25) is 4.68 Å². The molecule has 2 rings (SSSR count). The van der Waals surface area contributed by atoms with Crippen LogP contribution in [0.3, 0.4) is 0 Å². The topological polar surface area (TPSA) is 43.8 Å². The van der Waals surface area contributed by atoms with Crippen LogP contribution in [-0.4, -0.2) is 16.3 Å². The van der Waals surface area contributed by atoms with E-state index < -0.39 is 5.82 Å². The van der Waals surface area contributed by atoms with Crippen molar-refractivity contribution in [2.45, 2.75) is 13.0 Å². The van der Waals surface area contributed by atoms with Crippen LogP contribution in [0.4, 0.5) is 4.39 Å². The second kappa shape index (κ2) is 5.29. The molecule has 0 radical (unpaired) electrons. The van der Waals surface area contributed by atoms with Gasteiger partial charge in [0.05, 0.1) is 17.8 Å². The lowest BCUT2D eigenvalue weighted by atomic mass is 10.2. The maximum absolute atomic E-state index is 13.2. The van der Waals surface area contributed by atoms with Crippen LogP contribution < -0.4 is 5.73 Å². The maximum atomic E-state index is 13.2. The Bertz CT molecular complexity index is 510. The molecule has 1 aromatic carbocycles. The van der Waals surface area contributed by atoms with Crippen LogP contribution >= 0.6 is 11.6 Å². The minimum Gasteiger partial charge on any atom is -0.330 e. The average Bonchev–Trinajstić information content (AvgIpc) is 2.73. The van der Waals surface area contributed by atoms with E-state index in [2.05, 4.69) is 5.10 Å². The molecular formula is C12H13ClFN3. The molecule has 0 atom stereocenters. The van der Waals surface area contributed by atoms with E-state index in [1.54, 1.807) is 23.0 Å². The number of nitrogens with two attached hydrogens (primary N) is 1. The number of rotatable bonds is 4. The van der Waals surface area contributed by atoms with Crippen LogP contribution in [0, 0.1) is 5.82 Å². The molecule has 0 bridgehead atoms. The maximum Gasteiger partial charge on any atom is 0.142 e. The first-order chi connectivity index (χ1) is 8.20. The summed E-state index contributed by atoms with van der Waals surface area (Å²) < 4.78 is 15.0. The molecule has 1 aromatic heterocycles. The molecule has 0 aliphatic heterocycles. The molecular weight excluding hydrogens is 241 g/mol. The number of benzene rings is 1. The summed E-state index contributed by atoms with van der Waals surface area (Å²) in [5.41, 5.74) is 7.24. The van der Waals surface area contributed by atoms with Gasteiger partial charge in [0.2, 0.25) is 0 Å². The molecule has 1 heterocycles. The molecule has 3 nitrogen and oxygen atoms in total. The van der Waals surface area contributed by atoms with Crippen molar-refractivity contribution in [1.82, 2.24) is 9.78 Å². The van der Waals surface area contributed by atoms with E-state index in [9.17, 15) is 4.39 Å². The van der Waals surface area contributed by atoms with Gasteiger partial charge in [-0.15, -0.1) is 0 Å². The summed E-state index contributed by atoms with van der Waals surface area (Å²) in [4.78, 5) is 0. The summed E-state index contributed by atoms with van der Waals surface area (Å²) in [6.07, 6.45) is 4.45. The SMILES string of the molecule is NCCc1cnn(Cc2cccc(F)c2Cl)c1. The van der Waals surface area contributed by atoms with Crippen molar-refractivity contribution in [3.63, 3.8) is 0 Å². The number of aromatic nitrogens is 2. The van der Waals surface area contributed by atoms with Gasteiger partial charge >= 0.3 is 0 Å². The Labute approximate surface area is 104 Å². The smallest absolute Gasteiger partial charge is 0.142 e. The first-order valence-electron chi connectivity index (χ1n) is 5.35. The van der Waals surface area contributed by atoms with Crippen molar-refractivity contribution in [3.8, 4) is 0 Å². The quantitative estimate of drug-likeness (QED) is 0.908. The highest BCUT2D eigenvalue weighted by Crippen LogP contribution is 2.20.